The highest BCUT2D eigenvalue weighted by Gasteiger charge is 2.37. The van der Waals surface area contributed by atoms with E-state index in [1.54, 1.807) is 19.2 Å². The maximum Gasteiger partial charge on any atom is 0.306 e. The zero-order chi connectivity index (χ0) is 28.3. The summed E-state index contributed by atoms with van der Waals surface area (Å²) >= 11 is 0. The predicted octanol–water partition coefficient (Wildman–Crippen LogP) is 7.62. The first-order valence-electron chi connectivity index (χ1n) is 14.0. The fourth-order valence-corrected chi connectivity index (χ4v) is 5.79. The first-order chi connectivity index (χ1) is 19.3. The molecule has 210 valence electrons. The number of esters is 1. The number of carbonyl (C=O) groups is 1. The van der Waals surface area contributed by atoms with Crippen LogP contribution in [0.15, 0.2) is 71.3 Å². The van der Waals surface area contributed by atoms with Gasteiger partial charge in [0, 0.05) is 12.2 Å². The molecular weight excluding hydrogens is 507 g/mol. The van der Waals surface area contributed by atoms with Crippen LogP contribution in [-0.4, -0.2) is 26.8 Å². The van der Waals surface area contributed by atoms with Crippen LogP contribution in [0.5, 0.6) is 5.75 Å². The average molecular weight is 545 g/mol. The van der Waals surface area contributed by atoms with E-state index in [1.807, 2.05) is 24.3 Å². The zero-order valence-electron chi connectivity index (χ0n) is 23.7. The highest BCUT2D eigenvalue weighted by atomic mass is 19.1. The summed E-state index contributed by atoms with van der Waals surface area (Å²) in [4.78, 5) is 12.0. The summed E-state index contributed by atoms with van der Waals surface area (Å²) in [5.74, 6) is 1.23. The minimum absolute atomic E-state index is 0.0926. The fourth-order valence-electron chi connectivity index (χ4n) is 5.79. The second-order valence-electron chi connectivity index (χ2n) is 11.5. The molecule has 0 radical (unpaired) electrons. The van der Waals surface area contributed by atoms with Crippen LogP contribution in [0.4, 0.5) is 4.39 Å². The Morgan fingerprint density at radius 2 is 1.98 bits per heavy atom. The molecule has 2 fully saturated rings. The van der Waals surface area contributed by atoms with Crippen molar-refractivity contribution in [3.8, 4) is 16.9 Å². The van der Waals surface area contributed by atoms with Crippen LogP contribution in [0.3, 0.4) is 0 Å². The molecule has 0 spiro atoms. The molecule has 1 saturated heterocycles. The molecule has 2 aromatic rings. The van der Waals surface area contributed by atoms with Crippen molar-refractivity contribution in [2.45, 2.75) is 58.7 Å². The number of allylic oxidation sites excluding steroid dienone is 3. The number of rotatable bonds is 10. The van der Waals surface area contributed by atoms with Crippen LogP contribution in [0, 0.1) is 23.1 Å². The molecule has 1 aliphatic heterocycles. The minimum Gasteiger partial charge on any atom is -0.497 e. The highest BCUT2D eigenvalue weighted by Crippen LogP contribution is 2.47. The molecule has 40 heavy (non-hydrogen) atoms. The van der Waals surface area contributed by atoms with E-state index in [1.165, 1.54) is 13.2 Å². The summed E-state index contributed by atoms with van der Waals surface area (Å²) in [5, 5.41) is 0. The molecule has 1 saturated carbocycles. The Morgan fingerprint density at radius 1 is 1.15 bits per heavy atom. The van der Waals surface area contributed by atoms with E-state index in [4.69, 9.17) is 18.9 Å². The van der Waals surface area contributed by atoms with E-state index in [9.17, 15) is 4.79 Å². The van der Waals surface area contributed by atoms with E-state index < -0.39 is 0 Å². The number of halogens is 1. The van der Waals surface area contributed by atoms with Gasteiger partial charge in [0.25, 0.3) is 0 Å². The molecule has 5 nitrogen and oxygen atoms in total. The van der Waals surface area contributed by atoms with Crippen LogP contribution in [0.2, 0.25) is 0 Å². The minimum atomic E-state index is -0.307. The number of hydrogen-bond donors (Lipinski definition) is 0. The van der Waals surface area contributed by atoms with Crippen LogP contribution < -0.4 is 4.74 Å². The predicted molar refractivity (Wildman–Crippen MR) is 151 cm³/mol. The lowest BCUT2D eigenvalue weighted by molar-refractivity contribution is -0.141. The van der Waals surface area contributed by atoms with Gasteiger partial charge in [0.15, 0.2) is 5.76 Å². The standard InChI is InChI=1S/C34H37FO5/c1-34(2)15-6-16-39-33(34)30-17-22(9-13-27(30)29-19-25(37-3)12-14-31(29)35)21-40-26-8-5-7-24(18-26)28(23-10-11-23)20-32(36)38-4/h7,9,12-14,17-19,23,28,33H,6,10-11,15-16,20-21H2,1-4H3/t28-,33+/m1/s1. The van der Waals surface area contributed by atoms with Gasteiger partial charge in [0.2, 0.25) is 0 Å². The molecule has 1 heterocycles. The van der Waals surface area contributed by atoms with Crippen molar-refractivity contribution < 1.29 is 28.1 Å². The second-order valence-corrected chi connectivity index (χ2v) is 11.5. The lowest BCUT2D eigenvalue weighted by atomic mass is 9.75. The third-order valence-corrected chi connectivity index (χ3v) is 8.18. The molecule has 0 bridgehead atoms. The molecule has 0 amide bonds. The SMILES string of the molecule is COC(=O)C[C@@H](C1=CC(OCc2ccc(-c3cc(OC)ccc3F)c([C@@H]3OCCCC3(C)C)c2)=C=C=C1)C1CC1. The second kappa shape index (κ2) is 11.9. The molecule has 2 aromatic carbocycles. The molecule has 3 aliphatic rings. The summed E-state index contributed by atoms with van der Waals surface area (Å²) < 4.78 is 37.9. The maximum absolute atomic E-state index is 15.1. The summed E-state index contributed by atoms with van der Waals surface area (Å²) in [5.41, 5.74) is 10.2. The van der Waals surface area contributed by atoms with Gasteiger partial charge in [-0.15, -0.1) is 0 Å². The van der Waals surface area contributed by atoms with Gasteiger partial charge in [0.05, 0.1) is 26.7 Å². The quantitative estimate of drug-likeness (QED) is 0.228. The fraction of sp³-hybridized carbons (Fsp3) is 0.441. The van der Waals surface area contributed by atoms with E-state index in [2.05, 4.69) is 31.4 Å². The average Bonchev–Trinajstić information content (AvgIpc) is 3.80. The number of hydrogen-bond acceptors (Lipinski definition) is 5. The first kappa shape index (κ1) is 28.0. The number of ether oxygens (including phenoxy) is 4. The Kier molecular flexibility index (Phi) is 8.32. The summed E-state index contributed by atoms with van der Waals surface area (Å²) in [6, 6.07) is 10.8. The van der Waals surface area contributed by atoms with Crippen LogP contribution >= 0.6 is 0 Å². The molecule has 2 aliphatic carbocycles. The van der Waals surface area contributed by atoms with Gasteiger partial charge >= 0.3 is 5.97 Å². The van der Waals surface area contributed by atoms with Gasteiger partial charge < -0.3 is 18.9 Å². The van der Waals surface area contributed by atoms with Gasteiger partial charge in [-0.1, -0.05) is 31.7 Å². The van der Waals surface area contributed by atoms with Crippen molar-refractivity contribution in [1.82, 2.24) is 0 Å². The van der Waals surface area contributed by atoms with Crippen LogP contribution in [-0.2, 0) is 25.6 Å². The van der Waals surface area contributed by atoms with Crippen molar-refractivity contribution in [3.05, 3.63) is 88.3 Å². The lowest BCUT2D eigenvalue weighted by Crippen LogP contribution is -2.30. The van der Waals surface area contributed by atoms with Crippen molar-refractivity contribution >= 4 is 5.97 Å². The molecular formula is C34H37FO5. The van der Waals surface area contributed by atoms with Crippen molar-refractivity contribution in [1.29, 1.82) is 0 Å². The molecule has 0 N–H and O–H groups in total. The van der Waals surface area contributed by atoms with Crippen molar-refractivity contribution in [3.63, 3.8) is 0 Å². The molecule has 0 unspecified atom stereocenters. The summed E-state index contributed by atoms with van der Waals surface area (Å²) in [6.45, 7) is 5.37. The summed E-state index contributed by atoms with van der Waals surface area (Å²) in [6.07, 6.45) is 8.23. The Labute approximate surface area is 236 Å². The van der Waals surface area contributed by atoms with Gasteiger partial charge in [-0.25, -0.2) is 4.39 Å². The Hall–Kier alpha value is -3.56. The maximum atomic E-state index is 15.1. The molecule has 5 rings (SSSR count). The monoisotopic (exact) mass is 544 g/mol. The normalized spacial score (nSPS) is 20.4. The van der Waals surface area contributed by atoms with Gasteiger partial charge in [-0.3, -0.25) is 4.79 Å². The van der Waals surface area contributed by atoms with Crippen LogP contribution in [0.1, 0.15) is 63.2 Å². The topological polar surface area (TPSA) is 54.0 Å². The van der Waals surface area contributed by atoms with Crippen molar-refractivity contribution in [2.24, 2.45) is 17.3 Å². The van der Waals surface area contributed by atoms with E-state index in [0.717, 1.165) is 47.9 Å². The third-order valence-electron chi connectivity index (χ3n) is 8.18. The largest absolute Gasteiger partial charge is 0.497 e. The lowest BCUT2D eigenvalue weighted by Gasteiger charge is -2.39. The third kappa shape index (κ3) is 6.26. The highest BCUT2D eigenvalue weighted by molar-refractivity contribution is 5.71. The summed E-state index contributed by atoms with van der Waals surface area (Å²) in [7, 11) is 3.00. The van der Waals surface area contributed by atoms with Gasteiger partial charge in [-0.2, -0.15) is 0 Å². The smallest absolute Gasteiger partial charge is 0.306 e. The van der Waals surface area contributed by atoms with Crippen LogP contribution in [0.25, 0.3) is 11.1 Å². The molecule has 0 aromatic heterocycles. The Balaban J connectivity index is 1.42. The van der Waals surface area contributed by atoms with Gasteiger partial charge in [-0.05, 0) is 107 Å². The number of methoxy groups -OCH3 is 2. The first-order valence-corrected chi connectivity index (χ1v) is 14.0. The molecule has 2 atom stereocenters. The Morgan fingerprint density at radius 3 is 2.70 bits per heavy atom. The zero-order valence-corrected chi connectivity index (χ0v) is 23.7. The Bertz CT molecular complexity index is 1400. The van der Waals surface area contributed by atoms with E-state index >= 15 is 4.39 Å². The van der Waals surface area contributed by atoms with E-state index in [0.29, 0.717) is 42.6 Å². The van der Waals surface area contributed by atoms with E-state index in [-0.39, 0.29) is 29.2 Å². The number of carbonyl (C=O) groups excluding carboxylic acids is 1. The molecule has 6 heteroatoms. The number of benzene rings is 2. The van der Waals surface area contributed by atoms with Crippen molar-refractivity contribution in [2.75, 3.05) is 20.8 Å². The van der Waals surface area contributed by atoms with Gasteiger partial charge in [0.1, 0.15) is 18.2 Å².